The van der Waals surface area contributed by atoms with Gasteiger partial charge in [-0.25, -0.2) is 9.97 Å². The number of nitrogens with zero attached hydrogens (tertiary/aromatic N) is 3. The molecule has 5 heterocycles. The Labute approximate surface area is 218 Å². The molecule has 4 atom stereocenters. The van der Waals surface area contributed by atoms with Crippen molar-refractivity contribution in [1.82, 2.24) is 35.6 Å². The maximum absolute atomic E-state index is 4.91. The van der Waals surface area contributed by atoms with E-state index < -0.39 is 0 Å². The molecule has 1 aromatic carbocycles. The van der Waals surface area contributed by atoms with E-state index in [1.807, 2.05) is 18.6 Å². The molecule has 7 heteroatoms. The van der Waals surface area contributed by atoms with E-state index in [0.717, 1.165) is 69.9 Å². The average Bonchev–Trinajstić information content (AvgIpc) is 3.74. The molecule has 4 N–H and O–H groups in total. The summed E-state index contributed by atoms with van der Waals surface area (Å²) in [4.78, 5) is 21.4. The van der Waals surface area contributed by atoms with Crippen molar-refractivity contribution in [2.24, 2.45) is 5.92 Å². The molecule has 4 unspecified atom stereocenters. The molecule has 37 heavy (non-hydrogen) atoms. The van der Waals surface area contributed by atoms with Crippen LogP contribution in [-0.2, 0) is 0 Å². The molecule has 1 aliphatic carbocycles. The van der Waals surface area contributed by atoms with Crippen molar-refractivity contribution in [3.63, 3.8) is 0 Å². The third-order valence-electron chi connectivity index (χ3n) is 8.67. The number of piperidine rings is 2. The Hall–Kier alpha value is -3.29. The molecule has 4 aromatic rings. The molecular formula is C30H35N7. The summed E-state index contributed by atoms with van der Waals surface area (Å²) >= 11 is 0. The quantitative estimate of drug-likeness (QED) is 0.283. The highest BCUT2D eigenvalue weighted by Crippen LogP contribution is 2.42. The van der Waals surface area contributed by atoms with E-state index in [1.165, 1.54) is 37.7 Å². The second-order valence-electron chi connectivity index (χ2n) is 11.2. The third-order valence-corrected chi connectivity index (χ3v) is 8.67. The highest BCUT2D eigenvalue weighted by molar-refractivity contribution is 5.73. The summed E-state index contributed by atoms with van der Waals surface area (Å²) in [6.45, 7) is 5.38. The maximum Gasteiger partial charge on any atom is 0.124 e. The van der Waals surface area contributed by atoms with Gasteiger partial charge < -0.3 is 20.6 Å². The Balaban J connectivity index is 1.11. The molecule has 7 nitrogen and oxygen atoms in total. The van der Waals surface area contributed by atoms with Crippen LogP contribution in [0.4, 0.5) is 0 Å². The zero-order valence-electron chi connectivity index (χ0n) is 21.6. The predicted octanol–water partition coefficient (Wildman–Crippen LogP) is 5.77. The number of hydrogen-bond acceptors (Lipinski definition) is 5. The van der Waals surface area contributed by atoms with Crippen LogP contribution in [0.5, 0.6) is 0 Å². The lowest BCUT2D eigenvalue weighted by molar-refractivity contribution is 0.379. The first-order valence-corrected chi connectivity index (χ1v) is 13.8. The van der Waals surface area contributed by atoms with Gasteiger partial charge in [-0.2, -0.15) is 0 Å². The number of H-pyrrole nitrogens is 2. The zero-order valence-corrected chi connectivity index (χ0v) is 21.6. The topological polar surface area (TPSA) is 94.3 Å². The summed E-state index contributed by atoms with van der Waals surface area (Å²) < 4.78 is 0. The maximum atomic E-state index is 4.91. The Morgan fingerprint density at radius 3 is 2.32 bits per heavy atom. The van der Waals surface area contributed by atoms with Gasteiger partial charge in [0, 0.05) is 23.4 Å². The molecule has 190 valence electrons. The van der Waals surface area contributed by atoms with E-state index >= 15 is 0 Å². The molecule has 2 saturated heterocycles. The number of aromatic amines is 2. The van der Waals surface area contributed by atoms with Crippen molar-refractivity contribution in [3.8, 4) is 33.8 Å². The van der Waals surface area contributed by atoms with Gasteiger partial charge in [0.2, 0.25) is 0 Å². The Kier molecular flexibility index (Phi) is 5.70. The molecule has 3 aromatic heterocycles. The van der Waals surface area contributed by atoms with Crippen LogP contribution in [0.1, 0.15) is 73.4 Å². The van der Waals surface area contributed by atoms with Crippen LogP contribution in [0.3, 0.4) is 0 Å². The fraction of sp³-hybridized carbons (Fsp3) is 0.433. The van der Waals surface area contributed by atoms with Gasteiger partial charge in [-0.1, -0.05) is 18.6 Å². The van der Waals surface area contributed by atoms with Gasteiger partial charge in [0.05, 0.1) is 41.6 Å². The van der Waals surface area contributed by atoms with Gasteiger partial charge >= 0.3 is 0 Å². The highest BCUT2D eigenvalue weighted by atomic mass is 15.1. The van der Waals surface area contributed by atoms with Crippen LogP contribution in [-0.4, -0.2) is 37.5 Å². The lowest BCUT2D eigenvalue weighted by atomic mass is 9.97. The monoisotopic (exact) mass is 493 g/mol. The van der Waals surface area contributed by atoms with Crippen molar-refractivity contribution < 1.29 is 0 Å². The second kappa shape index (κ2) is 9.23. The summed E-state index contributed by atoms with van der Waals surface area (Å²) in [5.74, 6) is 2.83. The van der Waals surface area contributed by atoms with Crippen LogP contribution in [0.2, 0.25) is 0 Å². The van der Waals surface area contributed by atoms with Crippen molar-refractivity contribution in [3.05, 3.63) is 65.6 Å². The lowest BCUT2D eigenvalue weighted by Crippen LogP contribution is -2.29. The van der Waals surface area contributed by atoms with E-state index in [-0.39, 0.29) is 0 Å². The van der Waals surface area contributed by atoms with Gasteiger partial charge in [0.1, 0.15) is 11.6 Å². The first kappa shape index (κ1) is 22.9. The first-order chi connectivity index (χ1) is 18.1. The van der Waals surface area contributed by atoms with E-state index in [4.69, 9.17) is 9.97 Å². The number of rotatable bonds is 5. The molecule has 0 radical (unpaired) electrons. The fourth-order valence-corrected chi connectivity index (χ4v) is 6.65. The summed E-state index contributed by atoms with van der Waals surface area (Å²) in [5, 5.41) is 7.31. The van der Waals surface area contributed by atoms with Gasteiger partial charge in [0.15, 0.2) is 0 Å². The first-order valence-electron chi connectivity index (χ1n) is 13.8. The van der Waals surface area contributed by atoms with Crippen molar-refractivity contribution in [2.45, 2.75) is 70.5 Å². The largest absolute Gasteiger partial charge is 0.341 e. The molecule has 2 aliphatic heterocycles. The molecular weight excluding hydrogens is 458 g/mol. The molecule has 1 saturated carbocycles. The minimum Gasteiger partial charge on any atom is -0.341 e. The van der Waals surface area contributed by atoms with Gasteiger partial charge in [-0.05, 0) is 87.2 Å². The van der Waals surface area contributed by atoms with E-state index in [0.29, 0.717) is 18.1 Å². The zero-order chi connectivity index (χ0) is 24.9. The minimum atomic E-state index is 0.337. The Bertz CT molecular complexity index is 1430. The van der Waals surface area contributed by atoms with Gasteiger partial charge in [-0.15, -0.1) is 0 Å². The Morgan fingerprint density at radius 1 is 0.784 bits per heavy atom. The number of aromatic nitrogens is 5. The summed E-state index contributed by atoms with van der Waals surface area (Å²) in [5.41, 5.74) is 8.90. The number of aryl methyl sites for hydroxylation is 2. The summed E-state index contributed by atoms with van der Waals surface area (Å²) in [6, 6.07) is 10.2. The standard InChI is InChI=1S/C30H35N7/c1-17-11-19(25-15-33-29(36-25)24-5-3-4-10-31-24)7-9-23(17)27-18(2)12-21(14-32-27)26-16-34-30(37-26)28-20-6-8-22(13-20)35-28/h7,9,11-12,14-16,20,22,24,28,31,35H,3-6,8,10,13H2,1-2H3,(H,33,36)(H,34,37). The number of hydrogen-bond donors (Lipinski definition) is 4. The number of imidazole rings is 2. The SMILES string of the molecule is Cc1cc(-c2cnc(C3CCCCN3)[nH]2)ccc1-c1ncc(-c2cnc(C3NC4CCC3C4)[nH]2)cc1C. The fourth-order valence-electron chi connectivity index (χ4n) is 6.65. The number of nitrogens with one attached hydrogen (secondary N) is 4. The normalized spacial score (nSPS) is 25.1. The number of fused-ring (bicyclic) bond motifs is 2. The molecule has 3 aliphatic rings. The van der Waals surface area contributed by atoms with Crippen LogP contribution >= 0.6 is 0 Å². The minimum absolute atomic E-state index is 0.337. The predicted molar refractivity (Wildman–Crippen MR) is 146 cm³/mol. The number of benzene rings is 1. The smallest absolute Gasteiger partial charge is 0.124 e. The van der Waals surface area contributed by atoms with Crippen LogP contribution in [0, 0.1) is 19.8 Å². The van der Waals surface area contributed by atoms with E-state index in [1.54, 1.807) is 0 Å². The highest BCUT2D eigenvalue weighted by Gasteiger charge is 2.41. The molecule has 7 rings (SSSR count). The molecule has 0 amide bonds. The van der Waals surface area contributed by atoms with Crippen molar-refractivity contribution >= 4 is 0 Å². The number of pyridine rings is 1. The van der Waals surface area contributed by atoms with E-state index in [2.05, 4.69) is 63.7 Å². The average molecular weight is 494 g/mol. The van der Waals surface area contributed by atoms with Gasteiger partial charge in [0.25, 0.3) is 0 Å². The van der Waals surface area contributed by atoms with E-state index in [9.17, 15) is 0 Å². The Morgan fingerprint density at radius 2 is 1.59 bits per heavy atom. The summed E-state index contributed by atoms with van der Waals surface area (Å²) in [7, 11) is 0. The molecule has 0 spiro atoms. The van der Waals surface area contributed by atoms with Crippen LogP contribution in [0.25, 0.3) is 33.8 Å². The molecule has 3 fully saturated rings. The van der Waals surface area contributed by atoms with Crippen molar-refractivity contribution in [2.75, 3.05) is 6.54 Å². The van der Waals surface area contributed by atoms with Gasteiger partial charge in [-0.3, -0.25) is 4.98 Å². The summed E-state index contributed by atoms with van der Waals surface area (Å²) in [6.07, 6.45) is 13.4. The van der Waals surface area contributed by atoms with Crippen molar-refractivity contribution in [1.29, 1.82) is 0 Å². The van der Waals surface area contributed by atoms with Crippen LogP contribution < -0.4 is 10.6 Å². The lowest BCUT2D eigenvalue weighted by Gasteiger charge is -2.21. The molecule has 2 bridgehead atoms. The second-order valence-corrected chi connectivity index (χ2v) is 11.2. The van der Waals surface area contributed by atoms with Crippen LogP contribution in [0.15, 0.2) is 42.9 Å². The third kappa shape index (κ3) is 4.20.